The maximum Gasteiger partial charge on any atom is 0.296 e. The van der Waals surface area contributed by atoms with Gasteiger partial charge in [-0.3, -0.25) is 0 Å². The van der Waals surface area contributed by atoms with Gasteiger partial charge >= 0.3 is 0 Å². The minimum atomic E-state index is -1.70. The van der Waals surface area contributed by atoms with Crippen LogP contribution < -0.4 is 11.1 Å². The Labute approximate surface area is 146 Å². The molecule has 1 aromatic carbocycles. The molecule has 128 valence electrons. The third-order valence-electron chi connectivity index (χ3n) is 5.07. The Kier molecular flexibility index (Phi) is 3.80. The fraction of sp³-hybridized carbons (Fsp3) is 0.389. The van der Waals surface area contributed by atoms with E-state index >= 15 is 0 Å². The van der Waals surface area contributed by atoms with E-state index in [0.717, 1.165) is 5.56 Å². The Morgan fingerprint density at radius 3 is 2.32 bits per heavy atom. The number of fused-ring (bicyclic) bond motifs is 1. The van der Waals surface area contributed by atoms with Gasteiger partial charge in [0.2, 0.25) is 0 Å². The summed E-state index contributed by atoms with van der Waals surface area (Å²) in [4.78, 5) is 4.32. The molecule has 0 fully saturated rings. The van der Waals surface area contributed by atoms with Crippen LogP contribution in [0.5, 0.6) is 0 Å². The Morgan fingerprint density at radius 1 is 1.16 bits per heavy atom. The quantitative estimate of drug-likeness (QED) is 0.809. The highest BCUT2D eigenvalue weighted by Gasteiger charge is 2.76. The molecule has 0 amide bonds. The van der Waals surface area contributed by atoms with Crippen LogP contribution in [0.25, 0.3) is 0 Å². The fourth-order valence-corrected chi connectivity index (χ4v) is 3.95. The number of nitriles is 2. The minimum absolute atomic E-state index is 0.00496. The first-order valence-electron chi connectivity index (χ1n) is 7.76. The lowest BCUT2D eigenvalue weighted by atomic mass is 9.57. The Morgan fingerprint density at radius 2 is 1.80 bits per heavy atom. The van der Waals surface area contributed by atoms with Crippen LogP contribution in [0.15, 0.2) is 47.1 Å². The molecule has 7 heteroatoms. The summed E-state index contributed by atoms with van der Waals surface area (Å²) in [7, 11) is 2.77. The zero-order valence-electron chi connectivity index (χ0n) is 14.3. The summed E-state index contributed by atoms with van der Waals surface area (Å²) in [6, 6.07) is 13.3. The second kappa shape index (κ2) is 5.59. The maximum atomic E-state index is 10.2. The van der Waals surface area contributed by atoms with Crippen LogP contribution in [-0.4, -0.2) is 26.0 Å². The lowest BCUT2D eigenvalue weighted by Crippen LogP contribution is -2.61. The average molecular weight is 337 g/mol. The topological polar surface area (TPSA) is 116 Å². The molecule has 0 aliphatic carbocycles. The molecule has 1 aromatic rings. The number of allylic oxidation sites excluding steroid dienone is 1. The molecule has 0 radical (unpaired) electrons. The van der Waals surface area contributed by atoms with E-state index in [9.17, 15) is 10.5 Å². The summed E-state index contributed by atoms with van der Waals surface area (Å²) in [5, 5.41) is 23.7. The number of methoxy groups -OCH3 is 2. The molecule has 0 saturated carbocycles. The average Bonchev–Trinajstić information content (AvgIpc) is 2.87. The minimum Gasteiger partial charge on any atom is -0.386 e. The zero-order valence-corrected chi connectivity index (χ0v) is 14.3. The van der Waals surface area contributed by atoms with Gasteiger partial charge in [0.1, 0.15) is 5.84 Å². The molecule has 0 saturated heterocycles. The molecule has 25 heavy (non-hydrogen) atoms. The van der Waals surface area contributed by atoms with Crippen molar-refractivity contribution < 1.29 is 9.47 Å². The monoisotopic (exact) mass is 337 g/mol. The van der Waals surface area contributed by atoms with E-state index in [1.165, 1.54) is 14.2 Å². The first-order chi connectivity index (χ1) is 12.0. The molecule has 3 atom stereocenters. The van der Waals surface area contributed by atoms with E-state index in [2.05, 4.69) is 22.4 Å². The van der Waals surface area contributed by atoms with Crippen LogP contribution in [0.1, 0.15) is 18.5 Å². The molecule has 0 aromatic heterocycles. The highest BCUT2D eigenvalue weighted by Crippen LogP contribution is 2.62. The molecule has 0 bridgehead atoms. The van der Waals surface area contributed by atoms with Gasteiger partial charge in [-0.25, -0.2) is 4.99 Å². The summed E-state index contributed by atoms with van der Waals surface area (Å²) in [6.45, 7) is 1.82. The van der Waals surface area contributed by atoms with E-state index < -0.39 is 22.8 Å². The smallest absolute Gasteiger partial charge is 0.296 e. The molecule has 2 aliphatic heterocycles. The van der Waals surface area contributed by atoms with Gasteiger partial charge in [-0.2, -0.15) is 10.5 Å². The maximum absolute atomic E-state index is 10.2. The molecule has 0 spiro atoms. The molecule has 2 aliphatic rings. The van der Waals surface area contributed by atoms with Crippen LogP contribution in [-0.2, 0) is 9.47 Å². The Balaban J connectivity index is 2.38. The number of amidine groups is 1. The summed E-state index contributed by atoms with van der Waals surface area (Å²) in [6.07, 6.45) is 1.63. The van der Waals surface area contributed by atoms with Crippen molar-refractivity contribution in [1.29, 1.82) is 10.5 Å². The summed E-state index contributed by atoms with van der Waals surface area (Å²) in [5.41, 5.74) is 4.74. The number of aliphatic imine (C=N–C) groups is 1. The number of hydrogen-bond acceptors (Lipinski definition) is 7. The van der Waals surface area contributed by atoms with Crippen molar-refractivity contribution in [2.45, 2.75) is 18.9 Å². The van der Waals surface area contributed by atoms with Crippen molar-refractivity contribution in [1.82, 2.24) is 5.32 Å². The van der Waals surface area contributed by atoms with E-state index in [4.69, 9.17) is 15.2 Å². The molecule has 3 N–H and O–H groups in total. The summed E-state index contributed by atoms with van der Waals surface area (Å²) < 4.78 is 11.0. The van der Waals surface area contributed by atoms with Crippen molar-refractivity contribution in [3.05, 3.63) is 47.7 Å². The van der Waals surface area contributed by atoms with Crippen LogP contribution in [0.4, 0.5) is 0 Å². The Hall–Kier alpha value is -2.87. The molecular formula is C18H19N5O2. The van der Waals surface area contributed by atoms with Crippen LogP contribution in [0, 0.1) is 33.5 Å². The van der Waals surface area contributed by atoms with Gasteiger partial charge in [-0.1, -0.05) is 30.3 Å². The first-order valence-corrected chi connectivity index (χ1v) is 7.76. The lowest BCUT2D eigenvalue weighted by molar-refractivity contribution is -0.250. The third-order valence-corrected chi connectivity index (χ3v) is 5.07. The van der Waals surface area contributed by atoms with Gasteiger partial charge < -0.3 is 20.5 Å². The van der Waals surface area contributed by atoms with Gasteiger partial charge in [-0.15, -0.1) is 0 Å². The van der Waals surface area contributed by atoms with Crippen LogP contribution in [0.3, 0.4) is 0 Å². The van der Waals surface area contributed by atoms with Gasteiger partial charge in [0.25, 0.3) is 5.91 Å². The van der Waals surface area contributed by atoms with Crippen molar-refractivity contribution >= 4 is 5.84 Å². The molecule has 0 unspecified atom stereocenters. The molecular weight excluding hydrogens is 318 g/mol. The number of nitrogens with one attached hydrogen (secondary N) is 1. The van der Waals surface area contributed by atoms with E-state index in [1.54, 1.807) is 6.08 Å². The number of benzene rings is 1. The second-order valence-electron chi connectivity index (χ2n) is 6.14. The first kappa shape index (κ1) is 17.0. The zero-order chi connectivity index (χ0) is 18.3. The number of nitrogens with two attached hydrogens (primary N) is 1. The van der Waals surface area contributed by atoms with Crippen LogP contribution >= 0.6 is 0 Å². The van der Waals surface area contributed by atoms with Crippen molar-refractivity contribution in [2.75, 3.05) is 14.2 Å². The van der Waals surface area contributed by atoms with Gasteiger partial charge in [0, 0.05) is 19.9 Å². The summed E-state index contributed by atoms with van der Waals surface area (Å²) in [5.74, 6) is -1.69. The molecule has 3 rings (SSSR count). The SMILES string of the molecule is COC1(OC)N=C(N)[C@]2(C#N)[C@H](c3ccccc3)NC(C)=C[C@@]12C#N. The number of ether oxygens (including phenoxy) is 2. The fourth-order valence-electron chi connectivity index (χ4n) is 3.95. The highest BCUT2D eigenvalue weighted by atomic mass is 16.7. The van der Waals surface area contributed by atoms with Gasteiger partial charge in [0.05, 0.1) is 18.2 Å². The summed E-state index contributed by atoms with van der Waals surface area (Å²) >= 11 is 0. The van der Waals surface area contributed by atoms with Gasteiger partial charge in [-0.05, 0) is 18.6 Å². The third kappa shape index (κ3) is 1.82. The highest BCUT2D eigenvalue weighted by molar-refractivity contribution is 5.95. The van der Waals surface area contributed by atoms with Gasteiger partial charge in [0.15, 0.2) is 10.8 Å². The number of rotatable bonds is 3. The molecule has 7 nitrogen and oxygen atoms in total. The second-order valence-corrected chi connectivity index (χ2v) is 6.14. The largest absolute Gasteiger partial charge is 0.386 e. The predicted molar refractivity (Wildman–Crippen MR) is 90.5 cm³/mol. The standard InChI is InChI=1S/C18H19N5O2/c1-12-9-16(10-19)17(11-20,15(21)23-18(16,24-2)25-3)14(22-12)13-7-5-4-6-8-13/h4-9,14,22H,1-3H3,(H2,21,23)/t14-,16-,17-/m0/s1. The van der Waals surface area contributed by atoms with Crippen molar-refractivity contribution in [2.24, 2.45) is 21.6 Å². The van der Waals surface area contributed by atoms with E-state index in [-0.39, 0.29) is 5.84 Å². The van der Waals surface area contributed by atoms with Crippen LogP contribution in [0.2, 0.25) is 0 Å². The number of hydrogen-bond donors (Lipinski definition) is 2. The number of nitrogens with zero attached hydrogens (tertiary/aromatic N) is 3. The van der Waals surface area contributed by atoms with E-state index in [1.807, 2.05) is 37.3 Å². The van der Waals surface area contributed by atoms with E-state index in [0.29, 0.717) is 5.70 Å². The lowest BCUT2D eigenvalue weighted by Gasteiger charge is -2.48. The Bertz CT molecular complexity index is 831. The predicted octanol–water partition coefficient (Wildman–Crippen LogP) is 1.57. The van der Waals surface area contributed by atoms with Crippen molar-refractivity contribution in [3.8, 4) is 12.1 Å². The normalized spacial score (nSPS) is 32.4. The molecule has 2 heterocycles. The van der Waals surface area contributed by atoms with Crippen molar-refractivity contribution in [3.63, 3.8) is 0 Å².